The highest BCUT2D eigenvalue weighted by Crippen LogP contribution is 2.15. The number of carbonyl (C=O) groups is 2. The Hall–Kier alpha value is -3.14. The van der Waals surface area contributed by atoms with Gasteiger partial charge in [0.15, 0.2) is 10.8 Å². The van der Waals surface area contributed by atoms with Crippen LogP contribution in [0.15, 0.2) is 11.3 Å². The number of nitro groups is 1. The molecule has 2 atom stereocenters. The molecule has 0 aromatic carbocycles. The lowest BCUT2D eigenvalue weighted by molar-refractivity contribution is -0.525. The lowest BCUT2D eigenvalue weighted by Gasteiger charge is -2.23. The minimum Gasteiger partial charge on any atom is -0.426 e. The van der Waals surface area contributed by atoms with E-state index in [1.165, 1.54) is 11.0 Å². The molecule has 172 valence electrons. The van der Waals surface area contributed by atoms with Gasteiger partial charge in [0.2, 0.25) is 5.91 Å². The fourth-order valence-corrected chi connectivity index (χ4v) is 2.83. The van der Waals surface area contributed by atoms with Gasteiger partial charge in [0.05, 0.1) is 5.94 Å². The van der Waals surface area contributed by atoms with Crippen LogP contribution >= 0.6 is 0 Å². The molecule has 0 aliphatic carbocycles. The van der Waals surface area contributed by atoms with Crippen LogP contribution in [-0.2, 0) is 16.1 Å². The molecule has 0 saturated heterocycles. The van der Waals surface area contributed by atoms with E-state index in [9.17, 15) is 29.8 Å². The zero-order valence-electron chi connectivity index (χ0n) is 17.4. The van der Waals surface area contributed by atoms with Gasteiger partial charge < -0.3 is 21.1 Å². The number of guanidine groups is 1. The number of rotatable bonds is 14. The highest BCUT2D eigenvalue weighted by Gasteiger charge is 2.30. The molecule has 0 spiro atoms. The first-order chi connectivity index (χ1) is 14.6. The summed E-state index contributed by atoms with van der Waals surface area (Å²) in [6.07, 6.45) is 2.01. The second kappa shape index (κ2) is 13.2. The van der Waals surface area contributed by atoms with Gasteiger partial charge in [0.25, 0.3) is 5.96 Å². The zero-order valence-corrected chi connectivity index (χ0v) is 17.4. The molecule has 0 saturated carbocycles. The number of aliphatic imine (C=N–C) groups is 1. The van der Waals surface area contributed by atoms with E-state index < -0.39 is 29.9 Å². The largest absolute Gasteiger partial charge is 0.475 e. The summed E-state index contributed by atoms with van der Waals surface area (Å²) in [4.78, 5) is 39.2. The Labute approximate surface area is 178 Å². The van der Waals surface area contributed by atoms with Crippen LogP contribution in [-0.4, -0.2) is 72.5 Å². The van der Waals surface area contributed by atoms with Gasteiger partial charge in [0.1, 0.15) is 12.9 Å². The summed E-state index contributed by atoms with van der Waals surface area (Å²) in [5.74, 6) is -2.75. The van der Waals surface area contributed by atoms with E-state index in [4.69, 9.17) is 5.73 Å². The molecule has 15 nitrogen and oxygen atoms in total. The molecule has 0 bridgehead atoms. The SMILES string of the molecule is CC(C)C[C@H](NC(=O)[C@H](CCCN=C(N)N[N+](=O)[O-])CC(=O)Cn1cnnn1)B(O)O. The number of hydrogen-bond donors (Lipinski definition) is 5. The number of ketones is 1. The van der Waals surface area contributed by atoms with Gasteiger partial charge >= 0.3 is 7.12 Å². The van der Waals surface area contributed by atoms with Gasteiger partial charge in [-0.05, 0) is 35.6 Å². The Balaban J connectivity index is 2.76. The van der Waals surface area contributed by atoms with E-state index in [1.54, 1.807) is 5.43 Å². The first-order valence-corrected chi connectivity index (χ1v) is 9.68. The second-order valence-corrected chi connectivity index (χ2v) is 7.38. The van der Waals surface area contributed by atoms with Crippen LogP contribution < -0.4 is 16.5 Å². The van der Waals surface area contributed by atoms with Crippen LogP contribution in [0.4, 0.5) is 0 Å². The van der Waals surface area contributed by atoms with Crippen LogP contribution in [0.1, 0.15) is 39.5 Å². The molecule has 1 aromatic heterocycles. The second-order valence-electron chi connectivity index (χ2n) is 7.38. The standard InChI is InChI=1S/C15H28BN9O6/c1-10(2)6-13(16(28)29)20-14(27)11(4-3-5-18-15(17)21-25(30)31)7-12(26)8-24-9-19-22-23-24/h9-11,13,28-29H,3-8H2,1-2H3,(H,20,27)(H3,17,18,21)/t11-,13+/m1/s1. The average molecular weight is 441 g/mol. The molecule has 0 unspecified atom stereocenters. The highest BCUT2D eigenvalue weighted by molar-refractivity contribution is 6.43. The van der Waals surface area contributed by atoms with Crippen LogP contribution in [0.5, 0.6) is 0 Å². The van der Waals surface area contributed by atoms with E-state index in [0.29, 0.717) is 12.8 Å². The van der Waals surface area contributed by atoms with E-state index in [-0.39, 0.29) is 43.6 Å². The predicted molar refractivity (Wildman–Crippen MR) is 108 cm³/mol. The Bertz CT molecular complexity index is 743. The maximum Gasteiger partial charge on any atom is 0.475 e. The van der Waals surface area contributed by atoms with Crippen molar-refractivity contribution >= 4 is 24.8 Å². The Morgan fingerprint density at radius 2 is 2.10 bits per heavy atom. The minimum absolute atomic E-state index is 0.0929. The first kappa shape index (κ1) is 25.9. The normalized spacial score (nSPS) is 13.5. The molecule has 6 N–H and O–H groups in total. The van der Waals surface area contributed by atoms with E-state index in [2.05, 4.69) is 25.8 Å². The number of tetrazole rings is 1. The summed E-state index contributed by atoms with van der Waals surface area (Å²) in [5.41, 5.74) is 7.05. The average Bonchev–Trinajstić information content (AvgIpc) is 3.15. The number of nitrogens with zero attached hydrogens (tertiary/aromatic N) is 6. The molecule has 0 aliphatic rings. The van der Waals surface area contributed by atoms with Crippen molar-refractivity contribution in [1.29, 1.82) is 0 Å². The summed E-state index contributed by atoms with van der Waals surface area (Å²) in [7, 11) is -1.75. The number of nitrogens with two attached hydrogens (primary N) is 1. The van der Waals surface area contributed by atoms with Gasteiger partial charge in [-0.25, -0.2) is 19.8 Å². The lowest BCUT2D eigenvalue weighted by atomic mass is 9.74. The summed E-state index contributed by atoms with van der Waals surface area (Å²) >= 11 is 0. The number of hydrogen-bond acceptors (Lipinski definition) is 10. The van der Waals surface area contributed by atoms with Gasteiger partial charge in [-0.1, -0.05) is 19.3 Å². The first-order valence-electron chi connectivity index (χ1n) is 9.68. The van der Waals surface area contributed by atoms with Crippen LogP contribution in [0.2, 0.25) is 0 Å². The summed E-state index contributed by atoms with van der Waals surface area (Å²) in [6.45, 7) is 3.72. The van der Waals surface area contributed by atoms with Crippen molar-refractivity contribution < 1.29 is 24.7 Å². The number of amides is 1. The number of aromatic nitrogens is 4. The monoisotopic (exact) mass is 441 g/mol. The molecule has 0 radical (unpaired) electrons. The van der Waals surface area contributed by atoms with Crippen molar-refractivity contribution in [2.45, 2.75) is 52.0 Å². The van der Waals surface area contributed by atoms with E-state index in [1.807, 2.05) is 13.8 Å². The lowest BCUT2D eigenvalue weighted by Crippen LogP contribution is -2.49. The molecule has 1 rings (SSSR count). The molecular weight excluding hydrogens is 413 g/mol. The van der Waals surface area contributed by atoms with E-state index in [0.717, 1.165) is 0 Å². The molecule has 31 heavy (non-hydrogen) atoms. The number of carbonyl (C=O) groups excluding carboxylic acids is 2. The summed E-state index contributed by atoms with van der Waals surface area (Å²) in [5, 5.41) is 41.6. The van der Waals surface area contributed by atoms with Crippen molar-refractivity contribution in [3.63, 3.8) is 0 Å². The third-order valence-corrected chi connectivity index (χ3v) is 4.19. The summed E-state index contributed by atoms with van der Waals surface area (Å²) < 4.78 is 1.23. The van der Waals surface area contributed by atoms with Crippen molar-refractivity contribution in [3.8, 4) is 0 Å². The molecule has 0 aliphatic heterocycles. The Morgan fingerprint density at radius 3 is 2.65 bits per heavy atom. The van der Waals surface area contributed by atoms with Crippen LogP contribution in [0.25, 0.3) is 0 Å². The number of Topliss-reactive ketones (excluding diaryl/α,β-unsaturated/α-hetero) is 1. The molecule has 1 heterocycles. The summed E-state index contributed by atoms with van der Waals surface area (Å²) in [6, 6.07) is 0. The Morgan fingerprint density at radius 1 is 1.39 bits per heavy atom. The topological polar surface area (TPSA) is 224 Å². The maximum absolute atomic E-state index is 12.8. The highest BCUT2D eigenvalue weighted by atomic mass is 16.7. The van der Waals surface area contributed by atoms with Gasteiger partial charge in [-0.2, -0.15) is 0 Å². The molecule has 16 heteroatoms. The zero-order chi connectivity index (χ0) is 23.4. The van der Waals surface area contributed by atoms with Crippen molar-refractivity contribution in [1.82, 2.24) is 30.9 Å². The predicted octanol–water partition coefficient (Wildman–Crippen LogP) is -2.33. The fraction of sp³-hybridized carbons (Fsp3) is 0.733. The number of hydrazine groups is 1. The van der Waals surface area contributed by atoms with Gasteiger partial charge in [-0.3, -0.25) is 9.59 Å². The molecule has 1 amide bonds. The van der Waals surface area contributed by atoms with Crippen LogP contribution in [0, 0.1) is 22.0 Å². The van der Waals surface area contributed by atoms with Crippen molar-refractivity contribution in [2.75, 3.05) is 6.54 Å². The van der Waals surface area contributed by atoms with Gasteiger partial charge in [-0.15, -0.1) is 5.10 Å². The smallest absolute Gasteiger partial charge is 0.426 e. The van der Waals surface area contributed by atoms with Crippen molar-refractivity contribution in [2.24, 2.45) is 22.6 Å². The third-order valence-electron chi connectivity index (χ3n) is 4.19. The molecule has 0 fully saturated rings. The number of nitrogens with one attached hydrogen (secondary N) is 2. The van der Waals surface area contributed by atoms with Crippen molar-refractivity contribution in [3.05, 3.63) is 16.4 Å². The maximum atomic E-state index is 12.8. The minimum atomic E-state index is -1.75. The van der Waals surface area contributed by atoms with E-state index >= 15 is 0 Å². The third kappa shape index (κ3) is 11.0. The van der Waals surface area contributed by atoms with Crippen LogP contribution in [0.3, 0.4) is 0 Å². The van der Waals surface area contributed by atoms with Gasteiger partial charge in [0, 0.05) is 18.9 Å². The molecule has 1 aromatic rings. The fourth-order valence-electron chi connectivity index (χ4n) is 2.83. The Kier molecular flexibility index (Phi) is 11.0. The quantitative estimate of drug-likeness (QED) is 0.0514. The molecular formula is C15H28BN9O6.